The first kappa shape index (κ1) is 16.9. The number of carbonyl (C=O) groups excluding carboxylic acids is 1. The van der Waals surface area contributed by atoms with Gasteiger partial charge in [0.05, 0.1) is 0 Å². The number of ether oxygens (including phenoxy) is 1. The van der Waals surface area contributed by atoms with Gasteiger partial charge in [0.15, 0.2) is 0 Å². The zero-order chi connectivity index (χ0) is 17.3. The van der Waals surface area contributed by atoms with E-state index in [1.807, 2.05) is 11.0 Å². The fourth-order valence-corrected chi connectivity index (χ4v) is 4.69. The highest BCUT2D eigenvalue weighted by atomic mass is 16.5. The predicted molar refractivity (Wildman–Crippen MR) is 97.7 cm³/mol. The summed E-state index contributed by atoms with van der Waals surface area (Å²) in [6, 6.07) is 8.41. The Morgan fingerprint density at radius 1 is 1.32 bits per heavy atom. The van der Waals surface area contributed by atoms with Crippen molar-refractivity contribution in [2.45, 2.75) is 56.1 Å². The average Bonchev–Trinajstić information content (AvgIpc) is 2.62. The molecule has 1 aromatic rings. The molecule has 1 amide bonds. The van der Waals surface area contributed by atoms with Crippen LogP contribution in [0.5, 0.6) is 5.75 Å². The van der Waals surface area contributed by atoms with E-state index in [1.165, 1.54) is 5.56 Å². The maximum absolute atomic E-state index is 12.9. The molecule has 0 aromatic heterocycles. The minimum atomic E-state index is -0.108. The van der Waals surface area contributed by atoms with Crippen LogP contribution in [0, 0.1) is 0 Å². The van der Waals surface area contributed by atoms with Crippen LogP contribution in [-0.4, -0.2) is 48.6 Å². The van der Waals surface area contributed by atoms with E-state index in [0.717, 1.165) is 57.5 Å². The molecule has 2 saturated heterocycles. The van der Waals surface area contributed by atoms with Gasteiger partial charge in [-0.05, 0) is 56.8 Å². The van der Waals surface area contributed by atoms with Crippen LogP contribution in [0.1, 0.15) is 50.0 Å². The Labute approximate surface area is 149 Å². The third kappa shape index (κ3) is 3.53. The molecule has 3 heterocycles. The van der Waals surface area contributed by atoms with Crippen LogP contribution in [0.4, 0.5) is 0 Å². The molecule has 5 nitrogen and oxygen atoms in total. The molecule has 0 radical (unpaired) electrons. The molecule has 5 heteroatoms. The smallest absolute Gasteiger partial charge is 0.223 e. The minimum Gasteiger partial charge on any atom is -0.487 e. The monoisotopic (exact) mass is 343 g/mol. The van der Waals surface area contributed by atoms with Crippen LogP contribution >= 0.6 is 0 Å². The zero-order valence-corrected chi connectivity index (χ0v) is 14.9. The van der Waals surface area contributed by atoms with Crippen LogP contribution < -0.4 is 15.8 Å². The molecule has 136 valence electrons. The summed E-state index contributed by atoms with van der Waals surface area (Å²) < 4.78 is 6.45. The number of rotatable bonds is 2. The number of para-hydroxylation sites is 1. The van der Waals surface area contributed by atoms with Crippen molar-refractivity contribution in [2.75, 3.05) is 26.2 Å². The number of hydrogen-bond donors (Lipinski definition) is 2. The largest absolute Gasteiger partial charge is 0.487 e. The topological polar surface area (TPSA) is 67.6 Å². The van der Waals surface area contributed by atoms with Crippen molar-refractivity contribution in [1.29, 1.82) is 0 Å². The van der Waals surface area contributed by atoms with Crippen molar-refractivity contribution in [3.05, 3.63) is 29.8 Å². The molecular weight excluding hydrogens is 314 g/mol. The van der Waals surface area contributed by atoms with E-state index in [0.29, 0.717) is 13.0 Å². The maximum atomic E-state index is 12.9. The van der Waals surface area contributed by atoms with Crippen LogP contribution in [0.2, 0.25) is 0 Å². The molecule has 3 N–H and O–H groups in total. The first-order chi connectivity index (χ1) is 12.2. The van der Waals surface area contributed by atoms with E-state index in [2.05, 4.69) is 23.5 Å². The number of piperidine rings is 2. The maximum Gasteiger partial charge on any atom is 0.223 e. The van der Waals surface area contributed by atoms with Crippen LogP contribution in [-0.2, 0) is 4.79 Å². The lowest BCUT2D eigenvalue weighted by molar-refractivity contribution is -0.133. The van der Waals surface area contributed by atoms with Crippen molar-refractivity contribution in [1.82, 2.24) is 10.2 Å². The molecule has 0 unspecified atom stereocenters. The van der Waals surface area contributed by atoms with Gasteiger partial charge in [0, 0.05) is 31.5 Å². The van der Waals surface area contributed by atoms with Gasteiger partial charge in [-0.15, -0.1) is 0 Å². The van der Waals surface area contributed by atoms with E-state index in [-0.39, 0.29) is 23.5 Å². The first-order valence-electron chi connectivity index (χ1n) is 9.67. The quantitative estimate of drug-likeness (QED) is 0.862. The lowest BCUT2D eigenvalue weighted by atomic mass is 9.76. The fourth-order valence-electron chi connectivity index (χ4n) is 4.69. The van der Waals surface area contributed by atoms with Gasteiger partial charge in [-0.25, -0.2) is 0 Å². The van der Waals surface area contributed by atoms with Crippen LogP contribution in [0.15, 0.2) is 24.3 Å². The van der Waals surface area contributed by atoms with Crippen LogP contribution in [0.25, 0.3) is 0 Å². The van der Waals surface area contributed by atoms with Crippen molar-refractivity contribution < 1.29 is 9.53 Å². The fraction of sp³-hybridized carbons (Fsp3) is 0.650. The number of hydrogen-bond acceptors (Lipinski definition) is 4. The molecular formula is C20H29N3O2. The normalized spacial score (nSPS) is 28.3. The summed E-state index contributed by atoms with van der Waals surface area (Å²) in [5, 5.41) is 3.42. The lowest BCUT2D eigenvalue weighted by Gasteiger charge is -2.45. The summed E-state index contributed by atoms with van der Waals surface area (Å²) >= 11 is 0. The van der Waals surface area contributed by atoms with Gasteiger partial charge in [-0.3, -0.25) is 4.79 Å². The van der Waals surface area contributed by atoms with Crippen molar-refractivity contribution in [2.24, 2.45) is 5.73 Å². The molecule has 1 aromatic carbocycles. The van der Waals surface area contributed by atoms with Gasteiger partial charge in [-0.1, -0.05) is 18.2 Å². The Hall–Kier alpha value is -1.59. The number of nitrogens with two attached hydrogens (primary N) is 1. The zero-order valence-electron chi connectivity index (χ0n) is 14.9. The summed E-state index contributed by atoms with van der Waals surface area (Å²) in [6.07, 6.45) is 5.59. The second kappa shape index (κ2) is 6.96. The highest BCUT2D eigenvalue weighted by Gasteiger charge is 2.42. The second-order valence-electron chi connectivity index (χ2n) is 7.92. The van der Waals surface area contributed by atoms with Gasteiger partial charge >= 0.3 is 0 Å². The second-order valence-corrected chi connectivity index (χ2v) is 7.92. The number of amides is 1. The predicted octanol–water partition coefficient (Wildman–Crippen LogP) is 2.01. The van der Waals surface area contributed by atoms with Gasteiger partial charge in [0.2, 0.25) is 5.91 Å². The van der Waals surface area contributed by atoms with E-state index >= 15 is 0 Å². The first-order valence-corrected chi connectivity index (χ1v) is 9.67. The summed E-state index contributed by atoms with van der Waals surface area (Å²) in [7, 11) is 0. The van der Waals surface area contributed by atoms with E-state index < -0.39 is 0 Å². The van der Waals surface area contributed by atoms with E-state index in [4.69, 9.17) is 10.5 Å². The lowest BCUT2D eigenvalue weighted by Crippen LogP contribution is -2.50. The number of benzene rings is 1. The molecule has 1 spiro atoms. The van der Waals surface area contributed by atoms with Crippen LogP contribution in [0.3, 0.4) is 0 Å². The highest BCUT2D eigenvalue weighted by molar-refractivity contribution is 5.77. The summed E-state index contributed by atoms with van der Waals surface area (Å²) in [5.74, 6) is 1.47. The average molecular weight is 343 g/mol. The number of nitrogens with zero attached hydrogens (tertiary/aromatic N) is 1. The Kier molecular flexibility index (Phi) is 4.69. The Morgan fingerprint density at radius 3 is 2.92 bits per heavy atom. The molecule has 3 aliphatic heterocycles. The third-order valence-electron chi connectivity index (χ3n) is 6.05. The molecule has 4 rings (SSSR count). The molecule has 2 atom stereocenters. The van der Waals surface area contributed by atoms with E-state index in [1.54, 1.807) is 0 Å². The SMILES string of the molecule is N[C@@H]1CCCN(C(=O)C[C@@H]2CC3(CCNCC3)Oc3ccccc32)C1. The van der Waals surface area contributed by atoms with E-state index in [9.17, 15) is 4.79 Å². The molecule has 25 heavy (non-hydrogen) atoms. The standard InChI is InChI=1S/C20H29N3O2/c21-16-4-3-11-23(14-16)19(24)12-15-13-20(7-9-22-10-8-20)25-18-6-2-1-5-17(15)18/h1-2,5-6,15-16,22H,3-4,7-14,21H2/t15-,16-/m1/s1. The summed E-state index contributed by atoms with van der Waals surface area (Å²) in [5.41, 5.74) is 7.15. The molecule has 0 bridgehead atoms. The summed E-state index contributed by atoms with van der Waals surface area (Å²) in [6.45, 7) is 3.54. The van der Waals surface area contributed by atoms with Crippen molar-refractivity contribution in [3.63, 3.8) is 0 Å². The number of nitrogens with one attached hydrogen (secondary N) is 1. The number of fused-ring (bicyclic) bond motifs is 1. The number of carbonyl (C=O) groups is 1. The number of likely N-dealkylation sites (tertiary alicyclic amines) is 1. The summed E-state index contributed by atoms with van der Waals surface area (Å²) in [4.78, 5) is 14.9. The van der Waals surface area contributed by atoms with Gasteiger partial charge < -0.3 is 20.7 Å². The molecule has 2 fully saturated rings. The Morgan fingerprint density at radius 2 is 2.12 bits per heavy atom. The molecule has 0 saturated carbocycles. The van der Waals surface area contributed by atoms with Crippen molar-refractivity contribution >= 4 is 5.91 Å². The van der Waals surface area contributed by atoms with Gasteiger partial charge in [0.1, 0.15) is 11.4 Å². The van der Waals surface area contributed by atoms with Crippen molar-refractivity contribution in [3.8, 4) is 5.75 Å². The van der Waals surface area contributed by atoms with Gasteiger partial charge in [-0.2, -0.15) is 0 Å². The highest BCUT2D eigenvalue weighted by Crippen LogP contribution is 2.46. The Bertz CT molecular complexity index is 627. The van der Waals surface area contributed by atoms with Gasteiger partial charge in [0.25, 0.3) is 0 Å². The molecule has 3 aliphatic rings. The Balaban J connectivity index is 1.53. The molecule has 0 aliphatic carbocycles. The third-order valence-corrected chi connectivity index (χ3v) is 6.05. The minimum absolute atomic E-state index is 0.108.